The van der Waals surface area contributed by atoms with Gasteiger partial charge in [0.25, 0.3) is 5.91 Å². The van der Waals surface area contributed by atoms with Gasteiger partial charge in [-0.1, -0.05) is 49.5 Å². The number of unbranched alkanes of at least 4 members (excludes halogenated alkanes) is 2. The Balaban J connectivity index is 1.88. The summed E-state index contributed by atoms with van der Waals surface area (Å²) in [5.74, 6) is 1.96. The molecule has 1 amide bonds. The minimum Gasteiger partial charge on any atom is -0.493 e. The molecule has 0 aliphatic heterocycles. The minimum absolute atomic E-state index is 0.119. The Morgan fingerprint density at radius 2 is 1.87 bits per heavy atom. The molecule has 0 aliphatic carbocycles. The van der Waals surface area contributed by atoms with Gasteiger partial charge in [-0.15, -0.1) is 0 Å². The van der Waals surface area contributed by atoms with Crippen LogP contribution in [0, 0.1) is 0 Å². The molecule has 6 nitrogen and oxygen atoms in total. The summed E-state index contributed by atoms with van der Waals surface area (Å²) in [5, 5.41) is 4.01. The monoisotopic (exact) mass is 490 g/mol. The second-order valence-corrected chi connectivity index (χ2v) is 8.30. The topological polar surface area (TPSA) is 69.2 Å². The van der Waals surface area contributed by atoms with Gasteiger partial charge in [0.05, 0.1) is 19.9 Å². The van der Waals surface area contributed by atoms with Crippen LogP contribution in [-0.4, -0.2) is 32.4 Å². The molecule has 0 aliphatic rings. The quantitative estimate of drug-likeness (QED) is 0.236. The molecule has 0 bridgehead atoms. The highest BCUT2D eigenvalue weighted by Gasteiger charge is 2.10. The van der Waals surface area contributed by atoms with Gasteiger partial charge in [-0.25, -0.2) is 5.43 Å². The zero-order valence-corrected chi connectivity index (χ0v) is 20.2. The summed E-state index contributed by atoms with van der Waals surface area (Å²) in [6.45, 7) is 6.85. The maximum atomic E-state index is 12.1. The van der Waals surface area contributed by atoms with E-state index in [2.05, 4.69) is 47.2 Å². The van der Waals surface area contributed by atoms with E-state index in [1.54, 1.807) is 13.3 Å². The average molecular weight is 491 g/mol. The van der Waals surface area contributed by atoms with Gasteiger partial charge in [0.2, 0.25) is 0 Å². The molecule has 7 heteroatoms. The molecule has 2 aromatic rings. The highest BCUT2D eigenvalue weighted by molar-refractivity contribution is 9.10. The van der Waals surface area contributed by atoms with E-state index in [1.807, 2.05) is 36.4 Å². The van der Waals surface area contributed by atoms with Crippen LogP contribution < -0.4 is 19.6 Å². The first-order valence-corrected chi connectivity index (χ1v) is 11.3. The lowest BCUT2D eigenvalue weighted by molar-refractivity contribution is -0.123. The van der Waals surface area contributed by atoms with Crippen molar-refractivity contribution in [1.29, 1.82) is 0 Å². The molecule has 168 valence electrons. The second kappa shape index (κ2) is 13.0. The normalized spacial score (nSPS) is 11.0. The highest BCUT2D eigenvalue weighted by atomic mass is 79.9. The number of rotatable bonds is 12. The van der Waals surface area contributed by atoms with Crippen molar-refractivity contribution in [1.82, 2.24) is 5.43 Å². The first-order chi connectivity index (χ1) is 14.9. The van der Waals surface area contributed by atoms with Gasteiger partial charge in [0.1, 0.15) is 5.75 Å². The molecule has 0 fully saturated rings. The average Bonchev–Trinajstić information content (AvgIpc) is 2.76. The molecule has 31 heavy (non-hydrogen) atoms. The number of halogens is 1. The summed E-state index contributed by atoms with van der Waals surface area (Å²) >= 11 is 3.46. The number of nitrogens with one attached hydrogen (secondary N) is 1. The summed E-state index contributed by atoms with van der Waals surface area (Å²) < 4.78 is 17.8. The molecule has 0 aromatic heterocycles. The number of methoxy groups -OCH3 is 1. The fraction of sp³-hybridized carbons (Fsp3) is 0.417. The van der Waals surface area contributed by atoms with E-state index < -0.39 is 0 Å². The molecule has 0 saturated carbocycles. The van der Waals surface area contributed by atoms with Gasteiger partial charge in [0, 0.05) is 4.47 Å². The molecule has 2 aromatic carbocycles. The maximum absolute atomic E-state index is 12.1. The van der Waals surface area contributed by atoms with Gasteiger partial charge >= 0.3 is 0 Å². The lowest BCUT2D eigenvalue weighted by Crippen LogP contribution is -2.24. The smallest absolute Gasteiger partial charge is 0.277 e. The third-order valence-electron chi connectivity index (χ3n) is 4.55. The summed E-state index contributed by atoms with van der Waals surface area (Å²) in [4.78, 5) is 12.1. The highest BCUT2D eigenvalue weighted by Crippen LogP contribution is 2.29. The van der Waals surface area contributed by atoms with Crippen LogP contribution in [0.25, 0.3) is 0 Å². The number of carbonyl (C=O) groups excluding carboxylic acids is 1. The molecule has 1 N–H and O–H groups in total. The number of hydrazone groups is 1. The van der Waals surface area contributed by atoms with Crippen molar-refractivity contribution in [2.75, 3.05) is 20.3 Å². The van der Waals surface area contributed by atoms with Gasteiger partial charge in [0.15, 0.2) is 18.1 Å². The maximum Gasteiger partial charge on any atom is 0.277 e. The van der Waals surface area contributed by atoms with Crippen LogP contribution in [0.4, 0.5) is 0 Å². The first-order valence-electron chi connectivity index (χ1n) is 10.5. The van der Waals surface area contributed by atoms with Crippen molar-refractivity contribution in [3.05, 3.63) is 52.0 Å². The van der Waals surface area contributed by atoms with E-state index in [9.17, 15) is 4.79 Å². The van der Waals surface area contributed by atoms with Crippen molar-refractivity contribution < 1.29 is 19.0 Å². The Hall–Kier alpha value is -2.54. The molecule has 2 rings (SSSR count). The summed E-state index contributed by atoms with van der Waals surface area (Å²) in [6.07, 6.45) is 4.85. The van der Waals surface area contributed by atoms with Crippen molar-refractivity contribution in [2.45, 2.75) is 46.0 Å². The van der Waals surface area contributed by atoms with E-state index in [4.69, 9.17) is 14.2 Å². The molecule has 0 heterocycles. The number of ether oxygens (including phenoxy) is 3. The summed E-state index contributed by atoms with van der Waals surface area (Å²) in [7, 11) is 1.60. The first kappa shape index (κ1) is 24.7. The van der Waals surface area contributed by atoms with E-state index in [0.29, 0.717) is 23.9 Å². The lowest BCUT2D eigenvalue weighted by Gasteiger charge is -2.14. The van der Waals surface area contributed by atoms with E-state index in [1.165, 1.54) is 0 Å². The van der Waals surface area contributed by atoms with Crippen molar-refractivity contribution >= 4 is 28.1 Å². The van der Waals surface area contributed by atoms with Crippen LogP contribution in [0.15, 0.2) is 46.0 Å². The largest absolute Gasteiger partial charge is 0.493 e. The number of carbonyl (C=O) groups is 1. The third kappa shape index (κ3) is 8.25. The summed E-state index contributed by atoms with van der Waals surface area (Å²) in [5.41, 5.74) is 4.31. The zero-order chi connectivity index (χ0) is 22.6. The van der Waals surface area contributed by atoms with Crippen LogP contribution in [0.2, 0.25) is 0 Å². The summed E-state index contributed by atoms with van der Waals surface area (Å²) in [6, 6.07) is 11.3. The Morgan fingerprint density at radius 3 is 2.58 bits per heavy atom. The van der Waals surface area contributed by atoms with Crippen molar-refractivity contribution in [3.63, 3.8) is 0 Å². The minimum atomic E-state index is -0.336. The third-order valence-corrected chi connectivity index (χ3v) is 5.04. The molecule has 0 spiro atoms. The molecule has 0 radical (unpaired) electrons. The standard InChI is InChI=1S/C24H31BrN2O4/c1-5-6-7-12-30-22-10-8-18(13-23(22)29-4)15-26-27-24(28)16-31-21-11-9-19(25)14-20(21)17(2)3/h8-11,13-15,17H,5-7,12,16H2,1-4H3,(H,27,28)/b26-15+. The molecular formula is C24H31BrN2O4. The Morgan fingerprint density at radius 1 is 1.10 bits per heavy atom. The fourth-order valence-electron chi connectivity index (χ4n) is 2.87. The molecule has 0 atom stereocenters. The number of hydrogen-bond acceptors (Lipinski definition) is 5. The Bertz CT molecular complexity index is 884. The van der Waals surface area contributed by atoms with Gasteiger partial charge in [-0.05, 0) is 59.9 Å². The Kier molecular flexibility index (Phi) is 10.4. The molecule has 0 unspecified atom stereocenters. The lowest BCUT2D eigenvalue weighted by atomic mass is 10.0. The Labute approximate surface area is 193 Å². The van der Waals surface area contributed by atoms with Crippen LogP contribution >= 0.6 is 15.9 Å². The predicted molar refractivity (Wildman–Crippen MR) is 127 cm³/mol. The second-order valence-electron chi connectivity index (χ2n) is 7.38. The van der Waals surface area contributed by atoms with Crippen molar-refractivity contribution in [3.8, 4) is 17.2 Å². The van der Waals surface area contributed by atoms with Crippen LogP contribution in [0.1, 0.15) is 57.1 Å². The molecular weight excluding hydrogens is 460 g/mol. The van der Waals surface area contributed by atoms with Crippen LogP contribution in [-0.2, 0) is 4.79 Å². The number of amides is 1. The van der Waals surface area contributed by atoms with Gasteiger partial charge in [-0.2, -0.15) is 5.10 Å². The van der Waals surface area contributed by atoms with Gasteiger partial charge in [-0.3, -0.25) is 4.79 Å². The zero-order valence-electron chi connectivity index (χ0n) is 18.6. The molecule has 0 saturated heterocycles. The van der Waals surface area contributed by atoms with Crippen LogP contribution in [0.5, 0.6) is 17.2 Å². The van der Waals surface area contributed by atoms with Gasteiger partial charge < -0.3 is 14.2 Å². The van der Waals surface area contributed by atoms with Crippen LogP contribution in [0.3, 0.4) is 0 Å². The number of benzene rings is 2. The fourth-order valence-corrected chi connectivity index (χ4v) is 3.25. The number of nitrogens with zero attached hydrogens (tertiary/aromatic N) is 1. The number of hydrogen-bond donors (Lipinski definition) is 1. The van der Waals surface area contributed by atoms with E-state index in [-0.39, 0.29) is 18.4 Å². The SMILES string of the molecule is CCCCCOc1ccc(/C=N/NC(=O)COc2ccc(Br)cc2C(C)C)cc1OC. The van der Waals surface area contributed by atoms with Crippen molar-refractivity contribution in [2.24, 2.45) is 5.10 Å². The van der Waals surface area contributed by atoms with E-state index in [0.717, 1.165) is 34.9 Å². The van der Waals surface area contributed by atoms with E-state index >= 15 is 0 Å². The predicted octanol–water partition coefficient (Wildman–Crippen LogP) is 5.68.